The molecule has 0 aromatic rings. The lowest BCUT2D eigenvalue weighted by atomic mass is 10.2. The summed E-state index contributed by atoms with van der Waals surface area (Å²) in [6.45, 7) is 13.8. The summed E-state index contributed by atoms with van der Waals surface area (Å²) in [5, 5.41) is 0. The molecule has 0 unspecified atom stereocenters. The van der Waals surface area contributed by atoms with Crippen LogP contribution in [-0.4, -0.2) is 24.2 Å². The first-order chi connectivity index (χ1) is 5.31. The van der Waals surface area contributed by atoms with Gasteiger partial charge in [-0.15, -0.1) is 0 Å². The minimum absolute atomic E-state index is 0.607. The molecule has 1 radical (unpaired) electrons. The molecule has 0 N–H and O–H groups in total. The highest BCUT2D eigenvalue weighted by molar-refractivity contribution is 6.75. The van der Waals surface area contributed by atoms with Crippen molar-refractivity contribution in [3.05, 3.63) is 0 Å². The molecule has 0 bridgehead atoms. The molecule has 0 fully saturated rings. The van der Waals surface area contributed by atoms with Crippen molar-refractivity contribution in [2.24, 2.45) is 5.92 Å². The van der Waals surface area contributed by atoms with E-state index in [2.05, 4.69) is 40.0 Å². The molecule has 0 saturated heterocycles. The molecular weight excluding hydrogens is 184 g/mol. The Morgan fingerprint density at radius 1 is 1.25 bits per heavy atom. The van der Waals surface area contributed by atoms with E-state index < -0.39 is 17.6 Å². The van der Waals surface area contributed by atoms with Crippen LogP contribution in [0.15, 0.2) is 0 Å². The third kappa shape index (κ3) is 8.45. The van der Waals surface area contributed by atoms with Gasteiger partial charge >= 0.3 is 9.28 Å². The lowest BCUT2D eigenvalue weighted by Gasteiger charge is -2.22. The predicted octanol–water partition coefficient (Wildman–Crippen LogP) is 2.63. The molecular formula is C8H21O2Si2. The van der Waals surface area contributed by atoms with Crippen molar-refractivity contribution >= 4 is 17.6 Å². The van der Waals surface area contributed by atoms with Gasteiger partial charge in [-0.2, -0.15) is 0 Å². The van der Waals surface area contributed by atoms with Gasteiger partial charge in [-0.25, -0.2) is 0 Å². The summed E-state index contributed by atoms with van der Waals surface area (Å²) < 4.78 is 11.4. The fraction of sp³-hybridized carbons (Fsp3) is 1.00. The average Bonchev–Trinajstić information content (AvgIpc) is 1.79. The minimum atomic E-state index is -1.37. The van der Waals surface area contributed by atoms with Gasteiger partial charge in [0.1, 0.15) is 0 Å². The van der Waals surface area contributed by atoms with Crippen LogP contribution in [0.25, 0.3) is 0 Å². The molecule has 0 heterocycles. The zero-order chi connectivity index (χ0) is 9.78. The van der Waals surface area contributed by atoms with Gasteiger partial charge in [0, 0.05) is 6.61 Å². The van der Waals surface area contributed by atoms with Gasteiger partial charge in [-0.1, -0.05) is 13.8 Å². The zero-order valence-electron chi connectivity index (χ0n) is 9.10. The van der Waals surface area contributed by atoms with Crippen LogP contribution in [0.2, 0.25) is 26.2 Å². The first-order valence-corrected chi connectivity index (χ1v) is 9.69. The Kier molecular flexibility index (Phi) is 5.32. The van der Waals surface area contributed by atoms with Crippen LogP contribution < -0.4 is 0 Å². The Labute approximate surface area is 79.2 Å². The van der Waals surface area contributed by atoms with Crippen LogP contribution in [0.3, 0.4) is 0 Å². The van der Waals surface area contributed by atoms with E-state index in [-0.39, 0.29) is 0 Å². The molecule has 73 valence electrons. The van der Waals surface area contributed by atoms with Gasteiger partial charge in [0.2, 0.25) is 0 Å². The van der Waals surface area contributed by atoms with E-state index in [0.29, 0.717) is 5.92 Å². The second-order valence-electron chi connectivity index (χ2n) is 4.41. The van der Waals surface area contributed by atoms with Gasteiger partial charge in [0.25, 0.3) is 0 Å². The molecule has 0 saturated carbocycles. The van der Waals surface area contributed by atoms with Crippen molar-refractivity contribution in [3.8, 4) is 0 Å². The highest BCUT2D eigenvalue weighted by Gasteiger charge is 2.20. The maximum absolute atomic E-state index is 5.81. The van der Waals surface area contributed by atoms with E-state index in [0.717, 1.165) is 6.61 Å². The largest absolute Gasteiger partial charge is 0.435 e. The summed E-state index contributed by atoms with van der Waals surface area (Å²) in [6.07, 6.45) is 0. The Balaban J connectivity index is 3.53. The lowest BCUT2D eigenvalue weighted by Crippen LogP contribution is -2.35. The van der Waals surface area contributed by atoms with Crippen LogP contribution in [-0.2, 0) is 8.54 Å². The fourth-order valence-electron chi connectivity index (χ4n) is 0.745. The third-order valence-electron chi connectivity index (χ3n) is 1.07. The van der Waals surface area contributed by atoms with Crippen LogP contribution in [0.1, 0.15) is 13.8 Å². The van der Waals surface area contributed by atoms with E-state index in [1.54, 1.807) is 0 Å². The molecule has 12 heavy (non-hydrogen) atoms. The molecule has 4 heteroatoms. The van der Waals surface area contributed by atoms with E-state index in [4.69, 9.17) is 8.54 Å². The fourth-order valence-corrected chi connectivity index (χ4v) is 5.00. The Morgan fingerprint density at radius 2 is 1.75 bits per heavy atom. The molecule has 0 rings (SSSR count). The Hall–Kier alpha value is 0.354. The molecule has 2 nitrogen and oxygen atoms in total. The van der Waals surface area contributed by atoms with Gasteiger partial charge in [-0.05, 0) is 32.1 Å². The summed E-state index contributed by atoms with van der Waals surface area (Å²) in [5.74, 6) is 0.607. The van der Waals surface area contributed by atoms with Crippen molar-refractivity contribution in [2.45, 2.75) is 40.0 Å². The van der Waals surface area contributed by atoms with Crippen molar-refractivity contribution in [2.75, 3.05) is 6.61 Å². The van der Waals surface area contributed by atoms with E-state index >= 15 is 0 Å². The van der Waals surface area contributed by atoms with Crippen LogP contribution >= 0.6 is 0 Å². The van der Waals surface area contributed by atoms with E-state index in [9.17, 15) is 0 Å². The average molecular weight is 205 g/mol. The maximum Gasteiger partial charge on any atom is 0.370 e. The van der Waals surface area contributed by atoms with Gasteiger partial charge in [0.15, 0.2) is 8.32 Å². The molecule has 0 amide bonds. The molecule has 0 aliphatic heterocycles. The molecule has 0 aromatic heterocycles. The minimum Gasteiger partial charge on any atom is -0.435 e. The Morgan fingerprint density at radius 3 is 2.08 bits per heavy atom. The second kappa shape index (κ2) is 5.16. The van der Waals surface area contributed by atoms with Crippen molar-refractivity contribution < 1.29 is 8.54 Å². The van der Waals surface area contributed by atoms with Crippen molar-refractivity contribution in [3.63, 3.8) is 0 Å². The number of hydrogen-bond acceptors (Lipinski definition) is 2. The van der Waals surface area contributed by atoms with Crippen LogP contribution in [0.5, 0.6) is 0 Å². The summed E-state index contributed by atoms with van der Waals surface area (Å²) in [6, 6.07) is 0. The van der Waals surface area contributed by atoms with Crippen LogP contribution in [0, 0.1) is 5.92 Å². The number of hydrogen-bond donors (Lipinski definition) is 0. The van der Waals surface area contributed by atoms with Crippen molar-refractivity contribution in [1.29, 1.82) is 0 Å². The third-order valence-corrected chi connectivity index (χ3v) is 5.24. The van der Waals surface area contributed by atoms with Gasteiger partial charge < -0.3 is 8.54 Å². The normalized spacial score (nSPS) is 13.0. The van der Waals surface area contributed by atoms with Crippen molar-refractivity contribution in [1.82, 2.24) is 0 Å². The quantitative estimate of drug-likeness (QED) is 0.642. The summed E-state index contributed by atoms with van der Waals surface area (Å²) in [5.41, 5.74) is 0. The summed E-state index contributed by atoms with van der Waals surface area (Å²) in [7, 11) is -2.35. The highest BCUT2D eigenvalue weighted by Crippen LogP contribution is 2.06. The standard InChI is InChI=1S/C8H21O2Si2/c1-8(2)7-9-11(3)10-12(4,5)6/h8H,7H2,1-6H3. The smallest absolute Gasteiger partial charge is 0.370 e. The van der Waals surface area contributed by atoms with E-state index in [1.807, 2.05) is 0 Å². The SMILES string of the molecule is CC(C)CO[Si](C)O[Si](C)(C)C. The van der Waals surface area contributed by atoms with Crippen LogP contribution in [0.4, 0.5) is 0 Å². The summed E-state index contributed by atoms with van der Waals surface area (Å²) in [4.78, 5) is 0. The lowest BCUT2D eigenvalue weighted by molar-refractivity contribution is 0.233. The van der Waals surface area contributed by atoms with Gasteiger partial charge in [0.05, 0.1) is 0 Å². The van der Waals surface area contributed by atoms with Gasteiger partial charge in [-0.3, -0.25) is 0 Å². The second-order valence-corrected chi connectivity index (χ2v) is 10.7. The molecule has 0 aliphatic carbocycles. The maximum atomic E-state index is 5.81. The zero-order valence-corrected chi connectivity index (χ0v) is 11.1. The highest BCUT2D eigenvalue weighted by atomic mass is 28.4. The Bertz CT molecular complexity index is 121. The monoisotopic (exact) mass is 205 g/mol. The molecule has 0 spiro atoms. The first-order valence-electron chi connectivity index (χ1n) is 4.46. The summed E-state index contributed by atoms with van der Waals surface area (Å²) >= 11 is 0. The predicted molar refractivity (Wildman–Crippen MR) is 56.8 cm³/mol. The van der Waals surface area contributed by atoms with E-state index in [1.165, 1.54) is 0 Å². The number of rotatable bonds is 5. The molecule has 0 atom stereocenters. The molecule has 0 aliphatic rings. The molecule has 0 aromatic carbocycles. The first kappa shape index (κ1) is 12.4. The topological polar surface area (TPSA) is 18.5 Å².